The fourth-order valence-corrected chi connectivity index (χ4v) is 2.62. The van der Waals surface area contributed by atoms with Crippen LogP contribution in [-0.2, 0) is 9.59 Å². The number of nitrogens with one attached hydrogen (secondary N) is 1. The highest BCUT2D eigenvalue weighted by molar-refractivity contribution is 6.15. The number of amides is 2. The Morgan fingerprint density at radius 3 is 2.23 bits per heavy atom. The summed E-state index contributed by atoms with van der Waals surface area (Å²) >= 11 is 0. The van der Waals surface area contributed by atoms with Crippen molar-refractivity contribution < 1.29 is 14.3 Å². The van der Waals surface area contributed by atoms with Crippen molar-refractivity contribution in [2.24, 2.45) is 5.41 Å². The first kappa shape index (κ1) is 19.5. The van der Waals surface area contributed by atoms with Gasteiger partial charge in [0.15, 0.2) is 0 Å². The van der Waals surface area contributed by atoms with Gasteiger partial charge in [-0.2, -0.15) is 0 Å². The van der Waals surface area contributed by atoms with E-state index in [0.717, 1.165) is 5.69 Å². The Labute approximate surface area is 155 Å². The zero-order chi connectivity index (χ0) is 19.2. The Bertz CT molecular complexity index is 757. The molecule has 26 heavy (non-hydrogen) atoms. The van der Waals surface area contributed by atoms with Gasteiger partial charge in [-0.15, -0.1) is 0 Å². The van der Waals surface area contributed by atoms with Crippen molar-refractivity contribution in [3.63, 3.8) is 0 Å². The molecule has 0 aliphatic rings. The molecule has 2 rings (SSSR count). The molecular weight excluding hydrogens is 328 g/mol. The van der Waals surface area contributed by atoms with Crippen molar-refractivity contribution >= 4 is 23.2 Å². The number of benzene rings is 2. The van der Waals surface area contributed by atoms with Crippen LogP contribution in [0.15, 0.2) is 54.6 Å². The molecule has 0 fully saturated rings. The minimum absolute atomic E-state index is 0.252. The maximum atomic E-state index is 13.1. The van der Waals surface area contributed by atoms with E-state index in [0.29, 0.717) is 24.6 Å². The SMILES string of the molecule is CCOc1ccccc1NC(=O)C(C)(C)C(=O)N(CC)c1ccccc1. The third-order valence-corrected chi connectivity index (χ3v) is 4.17. The van der Waals surface area contributed by atoms with Crippen molar-refractivity contribution in [3.8, 4) is 5.75 Å². The van der Waals surface area contributed by atoms with E-state index in [1.54, 1.807) is 30.9 Å². The minimum atomic E-state index is -1.23. The van der Waals surface area contributed by atoms with Gasteiger partial charge in [-0.3, -0.25) is 9.59 Å². The summed E-state index contributed by atoms with van der Waals surface area (Å²) in [5.41, 5.74) is 0.101. The van der Waals surface area contributed by atoms with Crippen molar-refractivity contribution in [2.75, 3.05) is 23.4 Å². The zero-order valence-corrected chi connectivity index (χ0v) is 15.8. The second-order valence-electron chi connectivity index (χ2n) is 6.39. The molecule has 0 aromatic heterocycles. The third-order valence-electron chi connectivity index (χ3n) is 4.17. The summed E-state index contributed by atoms with van der Waals surface area (Å²) in [6, 6.07) is 16.6. The van der Waals surface area contributed by atoms with Gasteiger partial charge in [0.1, 0.15) is 11.2 Å². The Morgan fingerprint density at radius 2 is 1.62 bits per heavy atom. The molecule has 2 aromatic carbocycles. The standard InChI is InChI=1S/C21H26N2O3/c1-5-23(16-12-8-7-9-13-16)20(25)21(3,4)19(24)22-17-14-10-11-15-18(17)26-6-2/h7-15H,5-6H2,1-4H3,(H,22,24). The van der Waals surface area contributed by atoms with Gasteiger partial charge in [0.2, 0.25) is 11.8 Å². The smallest absolute Gasteiger partial charge is 0.242 e. The number of anilines is 2. The van der Waals surface area contributed by atoms with Crippen LogP contribution in [0.4, 0.5) is 11.4 Å². The molecule has 0 heterocycles. The van der Waals surface area contributed by atoms with Gasteiger partial charge in [-0.25, -0.2) is 0 Å². The van der Waals surface area contributed by atoms with E-state index in [9.17, 15) is 9.59 Å². The maximum Gasteiger partial charge on any atom is 0.242 e. The Morgan fingerprint density at radius 1 is 1.00 bits per heavy atom. The van der Waals surface area contributed by atoms with Crippen LogP contribution in [0.5, 0.6) is 5.75 Å². The van der Waals surface area contributed by atoms with Gasteiger partial charge < -0.3 is 15.0 Å². The minimum Gasteiger partial charge on any atom is -0.492 e. The van der Waals surface area contributed by atoms with E-state index in [4.69, 9.17) is 4.74 Å². The molecule has 2 aromatic rings. The van der Waals surface area contributed by atoms with E-state index in [1.165, 1.54) is 0 Å². The highest BCUT2D eigenvalue weighted by atomic mass is 16.5. The van der Waals surface area contributed by atoms with Crippen LogP contribution in [0.25, 0.3) is 0 Å². The third kappa shape index (κ3) is 4.23. The van der Waals surface area contributed by atoms with E-state index in [2.05, 4.69) is 5.32 Å². The number of para-hydroxylation sites is 3. The van der Waals surface area contributed by atoms with Crippen LogP contribution in [0, 0.1) is 5.41 Å². The molecule has 1 N–H and O–H groups in total. The van der Waals surface area contributed by atoms with Crippen LogP contribution >= 0.6 is 0 Å². The van der Waals surface area contributed by atoms with Gasteiger partial charge >= 0.3 is 0 Å². The molecule has 0 saturated heterocycles. The largest absolute Gasteiger partial charge is 0.492 e. The van der Waals surface area contributed by atoms with E-state index >= 15 is 0 Å². The average Bonchev–Trinajstić information content (AvgIpc) is 2.65. The van der Waals surface area contributed by atoms with Gasteiger partial charge in [0.25, 0.3) is 0 Å². The predicted molar refractivity (Wildman–Crippen MR) is 104 cm³/mol. The van der Waals surface area contributed by atoms with Gasteiger partial charge in [-0.05, 0) is 52.0 Å². The molecule has 0 atom stereocenters. The molecule has 138 valence electrons. The first-order chi connectivity index (χ1) is 12.4. The molecule has 2 amide bonds. The van der Waals surface area contributed by atoms with E-state index < -0.39 is 5.41 Å². The lowest BCUT2D eigenvalue weighted by Crippen LogP contribution is -2.47. The summed E-state index contributed by atoms with van der Waals surface area (Å²) in [6.45, 7) is 8.02. The lowest BCUT2D eigenvalue weighted by atomic mass is 9.89. The number of rotatable bonds is 7. The molecule has 0 unspecified atom stereocenters. The van der Waals surface area contributed by atoms with E-state index in [1.807, 2.05) is 56.3 Å². The van der Waals surface area contributed by atoms with E-state index in [-0.39, 0.29) is 11.8 Å². The molecule has 5 heteroatoms. The van der Waals surface area contributed by atoms with Crippen molar-refractivity contribution in [3.05, 3.63) is 54.6 Å². The summed E-state index contributed by atoms with van der Waals surface area (Å²) < 4.78 is 5.54. The zero-order valence-electron chi connectivity index (χ0n) is 15.8. The number of nitrogens with zero attached hydrogens (tertiary/aromatic N) is 1. The molecule has 0 saturated carbocycles. The highest BCUT2D eigenvalue weighted by Crippen LogP contribution is 2.29. The monoisotopic (exact) mass is 354 g/mol. The van der Waals surface area contributed by atoms with Crippen LogP contribution in [0.3, 0.4) is 0 Å². The fraction of sp³-hybridized carbons (Fsp3) is 0.333. The first-order valence-electron chi connectivity index (χ1n) is 8.82. The summed E-state index contributed by atoms with van der Waals surface area (Å²) in [5, 5.41) is 2.84. The quantitative estimate of drug-likeness (QED) is 0.762. The molecule has 0 aliphatic carbocycles. The topological polar surface area (TPSA) is 58.6 Å². The number of carbonyl (C=O) groups is 2. The first-order valence-corrected chi connectivity index (χ1v) is 8.82. The van der Waals surface area contributed by atoms with Gasteiger partial charge in [0, 0.05) is 12.2 Å². The molecular formula is C21H26N2O3. The average molecular weight is 354 g/mol. The number of ether oxygens (including phenoxy) is 1. The summed E-state index contributed by atoms with van der Waals surface area (Å²) in [5.74, 6) is -0.0383. The van der Waals surface area contributed by atoms with Crippen LogP contribution < -0.4 is 15.0 Å². The predicted octanol–water partition coefficient (Wildman–Crippen LogP) is 4.10. The molecule has 5 nitrogen and oxygen atoms in total. The summed E-state index contributed by atoms with van der Waals surface area (Å²) in [4.78, 5) is 27.6. The summed E-state index contributed by atoms with van der Waals surface area (Å²) in [7, 11) is 0. The second-order valence-corrected chi connectivity index (χ2v) is 6.39. The van der Waals surface area contributed by atoms with Gasteiger partial charge in [-0.1, -0.05) is 30.3 Å². The van der Waals surface area contributed by atoms with Crippen LogP contribution in [0.2, 0.25) is 0 Å². The molecule has 0 bridgehead atoms. The maximum absolute atomic E-state index is 13.1. The molecule has 0 aliphatic heterocycles. The molecule has 0 radical (unpaired) electrons. The van der Waals surface area contributed by atoms with Crippen LogP contribution in [-0.4, -0.2) is 25.0 Å². The van der Waals surface area contributed by atoms with Crippen molar-refractivity contribution in [2.45, 2.75) is 27.7 Å². The van der Waals surface area contributed by atoms with Crippen LogP contribution in [0.1, 0.15) is 27.7 Å². The fourth-order valence-electron chi connectivity index (χ4n) is 2.62. The van der Waals surface area contributed by atoms with Gasteiger partial charge in [0.05, 0.1) is 12.3 Å². The Balaban J connectivity index is 2.22. The Hall–Kier alpha value is -2.82. The number of carbonyl (C=O) groups excluding carboxylic acids is 2. The Kier molecular flexibility index (Phi) is 6.39. The highest BCUT2D eigenvalue weighted by Gasteiger charge is 2.39. The number of hydrogen-bond acceptors (Lipinski definition) is 3. The normalized spacial score (nSPS) is 10.9. The second kappa shape index (κ2) is 8.52. The molecule has 0 spiro atoms. The number of hydrogen-bond donors (Lipinski definition) is 1. The lowest BCUT2D eigenvalue weighted by Gasteiger charge is -2.30. The lowest BCUT2D eigenvalue weighted by molar-refractivity contribution is -0.136. The summed E-state index contributed by atoms with van der Waals surface area (Å²) in [6.07, 6.45) is 0. The van der Waals surface area contributed by atoms with Crippen molar-refractivity contribution in [1.82, 2.24) is 0 Å². The van der Waals surface area contributed by atoms with Crippen molar-refractivity contribution in [1.29, 1.82) is 0 Å².